The lowest BCUT2D eigenvalue weighted by Crippen LogP contribution is -2.36. The van der Waals surface area contributed by atoms with Gasteiger partial charge in [-0.2, -0.15) is 10.1 Å². The quantitative estimate of drug-likeness (QED) is 0.263. The van der Waals surface area contributed by atoms with E-state index in [9.17, 15) is 9.59 Å². The van der Waals surface area contributed by atoms with E-state index in [1.165, 1.54) is 6.21 Å². The maximum absolute atomic E-state index is 13.1. The molecule has 1 amide bonds. The van der Waals surface area contributed by atoms with Gasteiger partial charge in [0.05, 0.1) is 19.9 Å². The van der Waals surface area contributed by atoms with Crippen LogP contribution in [0.25, 0.3) is 0 Å². The van der Waals surface area contributed by atoms with E-state index in [1.54, 1.807) is 38.3 Å². The predicted molar refractivity (Wildman–Crippen MR) is 125 cm³/mol. The molecule has 3 aromatic rings. The van der Waals surface area contributed by atoms with E-state index in [0.29, 0.717) is 11.3 Å². The second-order valence-electron chi connectivity index (χ2n) is 6.97. The van der Waals surface area contributed by atoms with Gasteiger partial charge in [-0.15, -0.1) is 0 Å². The number of hydrogen-bond donors (Lipinski definition) is 0. The van der Waals surface area contributed by atoms with Crippen molar-refractivity contribution < 1.29 is 23.8 Å². The summed E-state index contributed by atoms with van der Waals surface area (Å²) in [7, 11) is 1.55. The first-order valence-electron chi connectivity index (χ1n) is 10.5. The van der Waals surface area contributed by atoms with E-state index in [4.69, 9.17) is 14.2 Å². The van der Waals surface area contributed by atoms with Crippen molar-refractivity contribution in [1.82, 2.24) is 5.01 Å². The molecule has 0 aromatic heterocycles. The minimum absolute atomic E-state index is 0.0369. The Morgan fingerprint density at radius 1 is 0.909 bits per heavy atom. The zero-order chi connectivity index (χ0) is 23.5. The third-order valence-electron chi connectivity index (χ3n) is 4.71. The molecule has 0 saturated heterocycles. The minimum atomic E-state index is -1.14. The van der Waals surface area contributed by atoms with Gasteiger partial charge in [-0.3, -0.25) is 0 Å². The molecule has 0 N–H and O–H groups in total. The molecule has 0 heterocycles. The summed E-state index contributed by atoms with van der Waals surface area (Å²) in [4.78, 5) is 26.1. The lowest BCUT2D eigenvalue weighted by Gasteiger charge is -2.25. The monoisotopic (exact) mass is 446 g/mol. The summed E-state index contributed by atoms with van der Waals surface area (Å²) < 4.78 is 16.0. The van der Waals surface area contributed by atoms with Crippen LogP contribution < -0.4 is 4.74 Å². The molecule has 0 spiro atoms. The number of amides is 1. The lowest BCUT2D eigenvalue weighted by atomic mass is 10.1. The third-order valence-corrected chi connectivity index (χ3v) is 4.71. The number of esters is 1. The van der Waals surface area contributed by atoms with Crippen LogP contribution in [-0.4, -0.2) is 37.0 Å². The summed E-state index contributed by atoms with van der Waals surface area (Å²) >= 11 is 0. The normalized spacial score (nSPS) is 11.6. The van der Waals surface area contributed by atoms with Crippen LogP contribution in [0.2, 0.25) is 0 Å². The van der Waals surface area contributed by atoms with Gasteiger partial charge in [-0.25, -0.2) is 9.59 Å². The molecule has 0 radical (unpaired) electrons. The molecule has 0 aliphatic carbocycles. The maximum Gasteiger partial charge on any atom is 0.431 e. The average Bonchev–Trinajstić information content (AvgIpc) is 2.86. The summed E-state index contributed by atoms with van der Waals surface area (Å²) in [5, 5.41) is 5.34. The van der Waals surface area contributed by atoms with E-state index >= 15 is 0 Å². The van der Waals surface area contributed by atoms with Crippen LogP contribution in [0.3, 0.4) is 0 Å². The highest BCUT2D eigenvalue weighted by molar-refractivity contribution is 5.85. The Hall–Kier alpha value is -4.13. The molecule has 0 fully saturated rings. The highest BCUT2D eigenvalue weighted by Gasteiger charge is 2.34. The molecule has 7 nitrogen and oxygen atoms in total. The van der Waals surface area contributed by atoms with E-state index in [0.717, 1.165) is 16.1 Å². The van der Waals surface area contributed by atoms with Crippen LogP contribution in [-0.2, 0) is 20.9 Å². The zero-order valence-electron chi connectivity index (χ0n) is 18.6. The van der Waals surface area contributed by atoms with E-state index in [2.05, 4.69) is 5.10 Å². The Morgan fingerprint density at radius 3 is 2.15 bits per heavy atom. The predicted octanol–water partition coefficient (Wildman–Crippen LogP) is 4.97. The first-order valence-corrected chi connectivity index (χ1v) is 10.5. The fourth-order valence-corrected chi connectivity index (χ4v) is 3.06. The maximum atomic E-state index is 13.1. The fourth-order valence-electron chi connectivity index (χ4n) is 3.06. The number of hydrazone groups is 1. The van der Waals surface area contributed by atoms with Gasteiger partial charge in [0.2, 0.25) is 0 Å². The second kappa shape index (κ2) is 12.0. The van der Waals surface area contributed by atoms with E-state index in [-0.39, 0.29) is 13.2 Å². The largest absolute Gasteiger partial charge is 0.497 e. The van der Waals surface area contributed by atoms with Gasteiger partial charge in [-0.1, -0.05) is 72.8 Å². The average molecular weight is 447 g/mol. The van der Waals surface area contributed by atoms with Crippen molar-refractivity contribution in [3.63, 3.8) is 0 Å². The zero-order valence-corrected chi connectivity index (χ0v) is 18.6. The molecule has 0 saturated carbocycles. The lowest BCUT2D eigenvalue weighted by molar-refractivity contribution is -0.149. The number of carbonyl (C=O) groups excluding carboxylic acids is 2. The van der Waals surface area contributed by atoms with Crippen molar-refractivity contribution in [2.45, 2.75) is 19.6 Å². The van der Waals surface area contributed by atoms with Crippen LogP contribution in [0.15, 0.2) is 90.0 Å². The molecule has 0 aliphatic heterocycles. The molecule has 0 aliphatic rings. The van der Waals surface area contributed by atoms with Gasteiger partial charge in [-0.05, 0) is 35.7 Å². The first-order chi connectivity index (χ1) is 16.1. The summed E-state index contributed by atoms with van der Waals surface area (Å²) in [6.07, 6.45) is 0.722. The molecule has 1 atom stereocenters. The van der Waals surface area contributed by atoms with Crippen LogP contribution in [0.1, 0.15) is 29.7 Å². The van der Waals surface area contributed by atoms with Crippen molar-refractivity contribution in [3.05, 3.63) is 102 Å². The molecule has 0 bridgehead atoms. The van der Waals surface area contributed by atoms with Crippen LogP contribution in [0.4, 0.5) is 4.79 Å². The number of methoxy groups -OCH3 is 1. The highest BCUT2D eigenvalue weighted by Crippen LogP contribution is 2.26. The molecule has 170 valence electrons. The van der Waals surface area contributed by atoms with Crippen molar-refractivity contribution in [3.8, 4) is 5.75 Å². The number of rotatable bonds is 9. The van der Waals surface area contributed by atoms with Gasteiger partial charge in [0, 0.05) is 0 Å². The van der Waals surface area contributed by atoms with Crippen LogP contribution >= 0.6 is 0 Å². The smallest absolute Gasteiger partial charge is 0.431 e. The number of hydrogen-bond acceptors (Lipinski definition) is 6. The van der Waals surface area contributed by atoms with Gasteiger partial charge < -0.3 is 14.2 Å². The van der Waals surface area contributed by atoms with Crippen molar-refractivity contribution in [2.24, 2.45) is 5.10 Å². The summed E-state index contributed by atoms with van der Waals surface area (Å²) in [6.45, 7) is 1.89. The van der Waals surface area contributed by atoms with Crippen molar-refractivity contribution >= 4 is 18.3 Å². The summed E-state index contributed by atoms with van der Waals surface area (Å²) in [5.74, 6) is -0.00288. The van der Waals surface area contributed by atoms with E-state index < -0.39 is 18.1 Å². The Kier molecular flexibility index (Phi) is 8.59. The number of carbonyl (C=O) groups is 2. The molecule has 33 heavy (non-hydrogen) atoms. The second-order valence-corrected chi connectivity index (χ2v) is 6.97. The topological polar surface area (TPSA) is 77.4 Å². The Labute approximate surface area is 193 Å². The Balaban J connectivity index is 1.95. The van der Waals surface area contributed by atoms with Crippen LogP contribution in [0, 0.1) is 0 Å². The van der Waals surface area contributed by atoms with E-state index in [1.807, 2.05) is 60.7 Å². The van der Waals surface area contributed by atoms with Gasteiger partial charge in [0.15, 0.2) is 6.04 Å². The summed E-state index contributed by atoms with van der Waals surface area (Å²) in [5.41, 5.74) is 2.08. The molecular formula is C26H26N2O5. The van der Waals surface area contributed by atoms with Crippen molar-refractivity contribution in [1.29, 1.82) is 0 Å². The number of benzene rings is 3. The Morgan fingerprint density at radius 2 is 1.55 bits per heavy atom. The SMILES string of the molecule is CCOC(=O)C(c1ccc(OC)cc1)N(/N=C/c1ccccc1)C(=O)OCc1ccccc1. The molecule has 3 rings (SSSR count). The molecule has 7 heteroatoms. The van der Waals surface area contributed by atoms with Gasteiger partial charge in [0.25, 0.3) is 0 Å². The standard InChI is InChI=1S/C26H26N2O5/c1-3-32-25(29)24(22-14-16-23(31-2)17-15-22)28(27-18-20-10-6-4-7-11-20)26(30)33-19-21-12-8-5-9-13-21/h4-18,24H,3,19H2,1-2H3/b27-18+. The van der Waals surface area contributed by atoms with Gasteiger partial charge >= 0.3 is 12.1 Å². The van der Waals surface area contributed by atoms with Crippen molar-refractivity contribution in [2.75, 3.05) is 13.7 Å². The fraction of sp³-hybridized carbons (Fsp3) is 0.192. The first kappa shape index (κ1) is 23.5. The summed E-state index contributed by atoms with van der Waals surface area (Å²) in [6, 6.07) is 24.2. The molecule has 3 aromatic carbocycles. The third kappa shape index (κ3) is 6.67. The Bertz CT molecular complexity index is 1050. The van der Waals surface area contributed by atoms with Gasteiger partial charge in [0.1, 0.15) is 12.4 Å². The highest BCUT2D eigenvalue weighted by atomic mass is 16.6. The number of ether oxygens (including phenoxy) is 3. The van der Waals surface area contributed by atoms with Crippen LogP contribution in [0.5, 0.6) is 5.75 Å². The molecular weight excluding hydrogens is 420 g/mol. The molecule has 1 unspecified atom stereocenters. The number of nitrogens with zero attached hydrogens (tertiary/aromatic N) is 2. The minimum Gasteiger partial charge on any atom is -0.497 e.